The molecular weight excluding hydrogens is 461 g/mol. The first-order valence-electron chi connectivity index (χ1n) is 10.3. The standard InChI is InChI=1S/C24H22FN3O3S2/c1-16-19-13-21(33-23(19)28(27-16)18-8-3-2-4-9-18)24(30)31-14-22(29)26-11-12-32-15-17-7-5-6-10-20(17)25/h2-10,13H,11-12,14-15H2,1H3,(H,26,29). The molecule has 6 nitrogen and oxygen atoms in total. The number of hydrogen-bond acceptors (Lipinski definition) is 6. The van der Waals surface area contributed by atoms with Gasteiger partial charge in [-0.2, -0.15) is 16.9 Å². The lowest BCUT2D eigenvalue weighted by molar-refractivity contribution is -0.124. The van der Waals surface area contributed by atoms with Crippen molar-refractivity contribution in [1.29, 1.82) is 0 Å². The minimum absolute atomic E-state index is 0.228. The zero-order chi connectivity index (χ0) is 23.2. The fraction of sp³-hybridized carbons (Fsp3) is 0.208. The van der Waals surface area contributed by atoms with E-state index in [-0.39, 0.29) is 18.3 Å². The van der Waals surface area contributed by atoms with E-state index in [1.807, 2.05) is 37.3 Å². The third kappa shape index (κ3) is 5.61. The number of hydrogen-bond donors (Lipinski definition) is 1. The van der Waals surface area contributed by atoms with Crippen LogP contribution in [0.1, 0.15) is 20.9 Å². The molecule has 0 radical (unpaired) electrons. The van der Waals surface area contributed by atoms with Gasteiger partial charge in [-0.15, -0.1) is 11.3 Å². The average molecular weight is 484 g/mol. The van der Waals surface area contributed by atoms with Crippen LogP contribution in [0.5, 0.6) is 0 Å². The number of thiophene rings is 1. The smallest absolute Gasteiger partial charge is 0.348 e. The molecule has 9 heteroatoms. The molecule has 0 saturated carbocycles. The van der Waals surface area contributed by atoms with E-state index in [2.05, 4.69) is 10.4 Å². The monoisotopic (exact) mass is 483 g/mol. The predicted octanol–water partition coefficient (Wildman–Crippen LogP) is 4.74. The maximum atomic E-state index is 13.6. The third-order valence-electron chi connectivity index (χ3n) is 4.86. The maximum Gasteiger partial charge on any atom is 0.348 e. The first kappa shape index (κ1) is 23.0. The lowest BCUT2D eigenvalue weighted by atomic mass is 10.2. The van der Waals surface area contributed by atoms with E-state index in [1.165, 1.54) is 29.2 Å². The molecule has 0 spiro atoms. The second-order valence-electron chi connectivity index (χ2n) is 7.23. The van der Waals surface area contributed by atoms with Crippen molar-refractivity contribution in [3.8, 4) is 5.69 Å². The number of carbonyl (C=O) groups excluding carboxylic acids is 2. The Labute approximate surface area is 198 Å². The zero-order valence-corrected chi connectivity index (χ0v) is 19.5. The molecule has 4 rings (SSSR count). The van der Waals surface area contributed by atoms with Gasteiger partial charge in [0.2, 0.25) is 0 Å². The van der Waals surface area contributed by atoms with E-state index < -0.39 is 5.97 Å². The Morgan fingerprint density at radius 2 is 1.91 bits per heavy atom. The van der Waals surface area contributed by atoms with Gasteiger partial charge >= 0.3 is 5.97 Å². The largest absolute Gasteiger partial charge is 0.451 e. The minimum Gasteiger partial charge on any atom is -0.451 e. The Kier molecular flexibility index (Phi) is 7.41. The first-order chi connectivity index (χ1) is 16.0. The van der Waals surface area contributed by atoms with Crippen molar-refractivity contribution in [2.24, 2.45) is 0 Å². The number of halogens is 1. The summed E-state index contributed by atoms with van der Waals surface area (Å²) in [6.07, 6.45) is 0. The number of esters is 1. The van der Waals surface area contributed by atoms with Crippen molar-refractivity contribution >= 4 is 45.2 Å². The molecular formula is C24H22FN3O3S2. The van der Waals surface area contributed by atoms with Gasteiger partial charge in [0.15, 0.2) is 6.61 Å². The summed E-state index contributed by atoms with van der Waals surface area (Å²) < 4.78 is 20.6. The van der Waals surface area contributed by atoms with Crippen molar-refractivity contribution in [2.75, 3.05) is 18.9 Å². The number of amides is 1. The van der Waals surface area contributed by atoms with E-state index in [1.54, 1.807) is 28.9 Å². The van der Waals surface area contributed by atoms with Gasteiger partial charge in [-0.1, -0.05) is 36.4 Å². The Morgan fingerprint density at radius 1 is 1.15 bits per heavy atom. The van der Waals surface area contributed by atoms with Gasteiger partial charge in [0, 0.05) is 23.4 Å². The molecule has 0 aliphatic rings. The number of aromatic nitrogens is 2. The SMILES string of the molecule is Cc1nn(-c2ccccc2)c2sc(C(=O)OCC(=O)NCCSCc3ccccc3F)cc12. The first-order valence-corrected chi connectivity index (χ1v) is 12.3. The average Bonchev–Trinajstić information content (AvgIpc) is 3.39. The summed E-state index contributed by atoms with van der Waals surface area (Å²) in [6, 6.07) is 18.1. The number of rotatable bonds is 9. The number of aryl methyl sites for hydroxylation is 1. The van der Waals surface area contributed by atoms with E-state index in [0.29, 0.717) is 28.5 Å². The van der Waals surface area contributed by atoms with Crippen LogP contribution >= 0.6 is 23.1 Å². The second-order valence-corrected chi connectivity index (χ2v) is 9.37. The molecule has 33 heavy (non-hydrogen) atoms. The van der Waals surface area contributed by atoms with E-state index in [4.69, 9.17) is 4.74 Å². The second kappa shape index (κ2) is 10.6. The van der Waals surface area contributed by atoms with Crippen LogP contribution in [0.4, 0.5) is 4.39 Å². The van der Waals surface area contributed by atoms with Crippen molar-refractivity contribution in [3.63, 3.8) is 0 Å². The topological polar surface area (TPSA) is 73.2 Å². The highest BCUT2D eigenvalue weighted by Gasteiger charge is 2.18. The van der Waals surface area contributed by atoms with Crippen LogP contribution in [0.2, 0.25) is 0 Å². The number of nitrogens with zero attached hydrogens (tertiary/aromatic N) is 2. The summed E-state index contributed by atoms with van der Waals surface area (Å²) in [6.45, 7) is 1.95. The van der Waals surface area contributed by atoms with Gasteiger partial charge in [0.1, 0.15) is 15.5 Å². The van der Waals surface area contributed by atoms with Crippen LogP contribution in [-0.2, 0) is 15.3 Å². The van der Waals surface area contributed by atoms with Gasteiger partial charge in [-0.3, -0.25) is 4.79 Å². The minimum atomic E-state index is -0.542. The lowest BCUT2D eigenvalue weighted by Crippen LogP contribution is -2.30. The van der Waals surface area contributed by atoms with E-state index in [9.17, 15) is 14.0 Å². The van der Waals surface area contributed by atoms with E-state index >= 15 is 0 Å². The van der Waals surface area contributed by atoms with Gasteiger partial charge < -0.3 is 10.1 Å². The predicted molar refractivity (Wildman–Crippen MR) is 130 cm³/mol. The summed E-state index contributed by atoms with van der Waals surface area (Å²) in [5.41, 5.74) is 2.36. The molecule has 1 N–H and O–H groups in total. The molecule has 2 aromatic heterocycles. The van der Waals surface area contributed by atoms with Crippen LogP contribution in [-0.4, -0.2) is 40.6 Å². The number of ether oxygens (including phenoxy) is 1. The quantitative estimate of drug-likeness (QED) is 0.275. The van der Waals surface area contributed by atoms with Crippen molar-refractivity contribution in [1.82, 2.24) is 15.1 Å². The summed E-state index contributed by atoms with van der Waals surface area (Å²) in [5, 5.41) is 8.15. The fourth-order valence-electron chi connectivity index (χ4n) is 3.21. The van der Waals surface area contributed by atoms with Crippen LogP contribution in [0, 0.1) is 12.7 Å². The maximum absolute atomic E-state index is 13.6. The molecule has 0 aliphatic heterocycles. The number of fused-ring (bicyclic) bond motifs is 1. The molecule has 0 atom stereocenters. The Hall–Kier alpha value is -3.17. The zero-order valence-electron chi connectivity index (χ0n) is 17.9. The summed E-state index contributed by atoms with van der Waals surface area (Å²) in [7, 11) is 0. The molecule has 1 amide bonds. The molecule has 0 saturated heterocycles. The van der Waals surface area contributed by atoms with Crippen molar-refractivity contribution < 1.29 is 18.7 Å². The molecule has 0 fully saturated rings. The Balaban J connectivity index is 1.25. The van der Waals surface area contributed by atoms with Gasteiger partial charge in [-0.25, -0.2) is 13.9 Å². The molecule has 0 aliphatic carbocycles. The molecule has 2 heterocycles. The Morgan fingerprint density at radius 3 is 2.70 bits per heavy atom. The molecule has 4 aromatic rings. The summed E-state index contributed by atoms with van der Waals surface area (Å²) in [5.74, 6) is 0.0128. The Bertz CT molecular complexity index is 1270. The van der Waals surface area contributed by atoms with E-state index in [0.717, 1.165) is 21.6 Å². The normalized spacial score (nSPS) is 11.0. The van der Waals surface area contributed by atoms with Crippen molar-refractivity contribution in [2.45, 2.75) is 12.7 Å². The highest BCUT2D eigenvalue weighted by Crippen LogP contribution is 2.30. The van der Waals surface area contributed by atoms with Gasteiger partial charge in [-0.05, 0) is 36.8 Å². The summed E-state index contributed by atoms with van der Waals surface area (Å²) >= 11 is 2.80. The third-order valence-corrected chi connectivity index (χ3v) is 6.96. The molecule has 0 bridgehead atoms. The molecule has 170 valence electrons. The number of thioether (sulfide) groups is 1. The van der Waals surface area contributed by atoms with Crippen molar-refractivity contribution in [3.05, 3.63) is 82.6 Å². The highest BCUT2D eigenvalue weighted by atomic mass is 32.2. The van der Waals surface area contributed by atoms with Gasteiger partial charge in [0.25, 0.3) is 5.91 Å². The number of carbonyl (C=O) groups is 2. The van der Waals surface area contributed by atoms with Crippen LogP contribution in [0.3, 0.4) is 0 Å². The number of para-hydroxylation sites is 1. The number of nitrogens with one attached hydrogen (secondary N) is 1. The molecule has 0 unspecified atom stereocenters. The number of benzene rings is 2. The lowest BCUT2D eigenvalue weighted by Gasteiger charge is -2.06. The molecule has 2 aromatic carbocycles. The van der Waals surface area contributed by atoms with Crippen LogP contribution in [0.15, 0.2) is 60.7 Å². The summed E-state index contributed by atoms with van der Waals surface area (Å²) in [4.78, 5) is 25.8. The fourth-order valence-corrected chi connectivity index (χ4v) is 5.13. The van der Waals surface area contributed by atoms with Crippen LogP contribution in [0.25, 0.3) is 15.9 Å². The van der Waals surface area contributed by atoms with Crippen LogP contribution < -0.4 is 5.32 Å². The highest BCUT2D eigenvalue weighted by molar-refractivity contribution is 7.98. The van der Waals surface area contributed by atoms with Gasteiger partial charge in [0.05, 0.1) is 11.4 Å².